The van der Waals surface area contributed by atoms with Crippen LogP contribution in [-0.4, -0.2) is 56.7 Å². The minimum absolute atomic E-state index is 0. The van der Waals surface area contributed by atoms with Gasteiger partial charge in [0.05, 0.1) is 0 Å². The Labute approximate surface area is 73.6 Å². The van der Waals surface area contributed by atoms with Crippen LogP contribution in [0.15, 0.2) is 0 Å². The zero-order chi connectivity index (χ0) is 6.78. The van der Waals surface area contributed by atoms with Gasteiger partial charge in [-0.3, -0.25) is 4.44 Å². The van der Waals surface area contributed by atoms with E-state index in [1.807, 2.05) is 0 Å². The number of hydrogen-bond donors (Lipinski definition) is 4. The second kappa shape index (κ2) is 4.84. The Morgan fingerprint density at radius 1 is 1.33 bits per heavy atom. The first-order valence-electron chi connectivity index (χ1n) is 1.52. The molecule has 9 heavy (non-hydrogen) atoms. The van der Waals surface area contributed by atoms with Gasteiger partial charge in [0.2, 0.25) is 0 Å². The fourth-order valence-electron chi connectivity index (χ4n) is 0.123. The molecule has 0 saturated heterocycles. The maximum atomic E-state index is 9.59. The molecule has 0 spiro atoms. The van der Waals surface area contributed by atoms with Crippen molar-refractivity contribution in [1.82, 2.24) is 0 Å². The van der Waals surface area contributed by atoms with Crippen LogP contribution in [0.25, 0.3) is 0 Å². The van der Waals surface area contributed by atoms with E-state index in [-0.39, 0.29) is 29.6 Å². The van der Waals surface area contributed by atoms with Crippen LogP contribution >= 0.6 is 7.82 Å². The van der Waals surface area contributed by atoms with Crippen LogP contribution in [0.5, 0.6) is 0 Å². The van der Waals surface area contributed by atoms with Crippen molar-refractivity contribution in [1.29, 1.82) is 0 Å². The number of phosphoric acid groups is 1. The normalized spacial score (nSPS) is 10.2. The van der Waals surface area contributed by atoms with Gasteiger partial charge < -0.3 is 19.8 Å². The van der Waals surface area contributed by atoms with E-state index in [4.69, 9.17) is 19.8 Å². The van der Waals surface area contributed by atoms with E-state index in [1.54, 1.807) is 0 Å². The van der Waals surface area contributed by atoms with Crippen LogP contribution in [0.2, 0.25) is 0 Å². The zero-order valence-electron chi connectivity index (χ0n) is 3.63. The van der Waals surface area contributed by atoms with Gasteiger partial charge in [0, 0.05) is 0 Å². The summed E-state index contributed by atoms with van der Waals surface area (Å²) in [7, 11) is -7.14. The van der Waals surface area contributed by atoms with Crippen LogP contribution in [0.4, 0.5) is 0 Å². The molecule has 0 rings (SSSR count). The summed E-state index contributed by atoms with van der Waals surface area (Å²) < 4.78 is 12.8. The monoisotopic (exact) mass is 166 g/mol. The molecular formula is H5BNaO6P. The van der Waals surface area contributed by atoms with Crippen molar-refractivity contribution in [3.05, 3.63) is 0 Å². The molecule has 0 radical (unpaired) electrons. The summed E-state index contributed by atoms with van der Waals surface area (Å²) in [5.41, 5.74) is 0. The second-order valence-corrected chi connectivity index (χ2v) is 2.11. The molecule has 0 heterocycles. The van der Waals surface area contributed by atoms with Gasteiger partial charge in [0.25, 0.3) is 0 Å². The Hall–Kier alpha value is 1.09. The average molecular weight is 166 g/mol. The minimum atomic E-state index is -4.72. The first-order valence-corrected chi connectivity index (χ1v) is 3.05. The van der Waals surface area contributed by atoms with Crippen molar-refractivity contribution in [3.8, 4) is 0 Å². The van der Waals surface area contributed by atoms with E-state index in [1.165, 1.54) is 0 Å². The van der Waals surface area contributed by atoms with Gasteiger partial charge in [-0.1, -0.05) is 0 Å². The molecule has 0 atom stereocenters. The molecule has 4 N–H and O–H groups in total. The molecule has 9 heteroatoms. The van der Waals surface area contributed by atoms with Crippen LogP contribution in [-0.2, 0) is 9.01 Å². The van der Waals surface area contributed by atoms with Crippen LogP contribution < -0.4 is 0 Å². The van der Waals surface area contributed by atoms with E-state index in [9.17, 15) is 4.57 Å². The summed E-state index contributed by atoms with van der Waals surface area (Å²) in [6.45, 7) is 0. The third-order valence-electron chi connectivity index (χ3n) is 0.232. The van der Waals surface area contributed by atoms with Crippen molar-refractivity contribution in [2.24, 2.45) is 0 Å². The number of hydrogen-bond acceptors (Lipinski definition) is 4. The molecule has 0 aliphatic rings. The molecule has 0 amide bonds. The third kappa shape index (κ3) is 12.3. The average Bonchev–Trinajstić information content (AvgIpc) is 1.21. The second-order valence-electron chi connectivity index (χ2n) is 0.922. The first kappa shape index (κ1) is 12.7. The van der Waals surface area contributed by atoms with Crippen LogP contribution in [0, 0.1) is 0 Å². The molecular weight excluding hydrogens is 161 g/mol. The quantitative estimate of drug-likeness (QED) is 0.265. The molecule has 0 aromatic rings. The van der Waals surface area contributed by atoms with Gasteiger partial charge in [-0.2, -0.15) is 0 Å². The molecule has 0 aromatic heterocycles. The molecule has 0 aromatic carbocycles. The fourth-order valence-corrected chi connectivity index (χ4v) is 0.368. The molecule has 0 fully saturated rings. The van der Waals surface area contributed by atoms with E-state index >= 15 is 0 Å². The third-order valence-corrected chi connectivity index (χ3v) is 0.695. The van der Waals surface area contributed by atoms with Crippen molar-refractivity contribution in [3.63, 3.8) is 0 Å². The SMILES string of the molecule is O=P(O)(O)OB(O)O.[NaH]. The van der Waals surface area contributed by atoms with Gasteiger partial charge in [-0.25, -0.2) is 4.57 Å². The van der Waals surface area contributed by atoms with Gasteiger partial charge in [0.15, 0.2) is 0 Å². The summed E-state index contributed by atoms with van der Waals surface area (Å²) in [6.07, 6.45) is 0. The van der Waals surface area contributed by atoms with Gasteiger partial charge >= 0.3 is 44.7 Å². The van der Waals surface area contributed by atoms with E-state index in [2.05, 4.69) is 4.44 Å². The summed E-state index contributed by atoms with van der Waals surface area (Å²) >= 11 is 0. The molecule has 0 saturated carbocycles. The Bertz CT molecular complexity index is 106. The topological polar surface area (TPSA) is 107 Å². The standard InChI is InChI=1S/BH4O6P.Na.H/c2-1(3)7-8(4,5)6;;/h2-3H,(H2,4,5,6);;. The van der Waals surface area contributed by atoms with Crippen LogP contribution in [0.3, 0.4) is 0 Å². The Morgan fingerprint density at radius 3 is 1.67 bits per heavy atom. The maximum absolute atomic E-state index is 9.59. The molecule has 50 valence electrons. The Balaban J connectivity index is 0. The fraction of sp³-hybridized carbons (Fsp3) is 0. The predicted octanol–water partition coefficient (Wildman–Crippen LogP) is -2.58. The van der Waals surface area contributed by atoms with Crippen molar-refractivity contribution in [2.45, 2.75) is 0 Å². The predicted molar refractivity (Wildman–Crippen MR) is 30.5 cm³/mol. The van der Waals surface area contributed by atoms with E-state index in [0.29, 0.717) is 0 Å². The Kier molecular flexibility index (Phi) is 6.86. The molecule has 0 aliphatic carbocycles. The summed E-state index contributed by atoms with van der Waals surface area (Å²) in [5, 5.41) is 15.5. The summed E-state index contributed by atoms with van der Waals surface area (Å²) in [4.78, 5) is 15.5. The number of rotatable bonds is 2. The van der Waals surface area contributed by atoms with E-state index in [0.717, 1.165) is 0 Å². The van der Waals surface area contributed by atoms with Crippen molar-refractivity contribution >= 4 is 44.7 Å². The van der Waals surface area contributed by atoms with Gasteiger partial charge in [-0.05, 0) is 0 Å². The van der Waals surface area contributed by atoms with E-state index < -0.39 is 15.1 Å². The first-order chi connectivity index (χ1) is 3.42. The zero-order valence-corrected chi connectivity index (χ0v) is 4.52. The molecule has 0 unspecified atom stereocenters. The Morgan fingerprint density at radius 2 is 1.67 bits per heavy atom. The van der Waals surface area contributed by atoms with Gasteiger partial charge in [0.1, 0.15) is 0 Å². The molecule has 0 bridgehead atoms. The van der Waals surface area contributed by atoms with Crippen molar-refractivity contribution in [2.75, 3.05) is 0 Å². The summed E-state index contributed by atoms with van der Waals surface area (Å²) in [5.74, 6) is 0. The molecule has 6 nitrogen and oxygen atoms in total. The van der Waals surface area contributed by atoms with Crippen LogP contribution in [0.1, 0.15) is 0 Å². The van der Waals surface area contributed by atoms with Crippen molar-refractivity contribution < 1.29 is 28.8 Å². The molecule has 0 aliphatic heterocycles. The summed E-state index contributed by atoms with van der Waals surface area (Å²) in [6, 6.07) is 0. The van der Waals surface area contributed by atoms with Gasteiger partial charge in [-0.15, -0.1) is 0 Å².